The molecule has 4 fully saturated rings. The fourth-order valence-electron chi connectivity index (χ4n) is 11.6. The highest BCUT2D eigenvalue weighted by molar-refractivity contribution is 5.66. The molecule has 0 aromatic carbocycles. The van der Waals surface area contributed by atoms with Gasteiger partial charge >= 0.3 is 11.9 Å². The topological polar surface area (TPSA) is 78.6 Å². The second-order valence-corrected chi connectivity index (χ2v) is 15.4. The summed E-state index contributed by atoms with van der Waals surface area (Å²) < 4.78 is 11.7. The van der Waals surface area contributed by atoms with Crippen molar-refractivity contribution < 1.29 is 19.1 Å². The Hall–Kier alpha value is -1.36. The molecule has 5 aliphatic carbocycles. The van der Waals surface area contributed by atoms with Gasteiger partial charge in [0.2, 0.25) is 0 Å². The van der Waals surface area contributed by atoms with Gasteiger partial charge in [0, 0.05) is 31.2 Å². The Labute approximate surface area is 237 Å². The molecular formula is C34H55NO4. The van der Waals surface area contributed by atoms with Crippen molar-refractivity contribution in [1.29, 1.82) is 0 Å². The first-order chi connectivity index (χ1) is 18.2. The van der Waals surface area contributed by atoms with Crippen LogP contribution in [-0.4, -0.2) is 30.7 Å². The molecule has 0 bridgehead atoms. The van der Waals surface area contributed by atoms with Crippen LogP contribution in [0.3, 0.4) is 0 Å². The quantitative estimate of drug-likeness (QED) is 0.294. The minimum Gasteiger partial charge on any atom is -0.465 e. The lowest BCUT2D eigenvalue weighted by molar-refractivity contribution is -0.219. The molecule has 0 spiro atoms. The molecule has 2 unspecified atom stereocenters. The Kier molecular flexibility index (Phi) is 7.38. The second kappa shape index (κ2) is 9.88. The maximum Gasteiger partial charge on any atom is 0.302 e. The molecular weight excluding hydrogens is 486 g/mol. The van der Waals surface area contributed by atoms with E-state index >= 15 is 0 Å². The van der Waals surface area contributed by atoms with Gasteiger partial charge in [-0.2, -0.15) is 0 Å². The fourth-order valence-corrected chi connectivity index (χ4v) is 11.6. The Morgan fingerprint density at radius 3 is 2.23 bits per heavy atom. The highest BCUT2D eigenvalue weighted by Gasteiger charge is 2.69. The number of carbonyl (C=O) groups is 2. The Balaban J connectivity index is 1.52. The number of rotatable bonds is 5. The van der Waals surface area contributed by atoms with E-state index in [2.05, 4.69) is 41.5 Å². The minimum absolute atomic E-state index is 0.0177. The van der Waals surface area contributed by atoms with Crippen molar-refractivity contribution in [2.75, 3.05) is 6.61 Å². The molecule has 4 saturated carbocycles. The molecule has 0 aromatic heterocycles. The van der Waals surface area contributed by atoms with Crippen molar-refractivity contribution in [3.63, 3.8) is 0 Å². The van der Waals surface area contributed by atoms with Crippen LogP contribution in [0.4, 0.5) is 0 Å². The average molecular weight is 542 g/mol. The smallest absolute Gasteiger partial charge is 0.302 e. The number of nitrogens with two attached hydrogens (primary N) is 1. The Morgan fingerprint density at radius 1 is 0.897 bits per heavy atom. The Morgan fingerprint density at radius 2 is 1.62 bits per heavy atom. The van der Waals surface area contributed by atoms with Crippen LogP contribution in [0.15, 0.2) is 11.1 Å². The summed E-state index contributed by atoms with van der Waals surface area (Å²) in [6, 6.07) is 0.0177. The molecule has 0 heterocycles. The summed E-state index contributed by atoms with van der Waals surface area (Å²) in [7, 11) is 0. The van der Waals surface area contributed by atoms with E-state index in [9.17, 15) is 9.59 Å². The molecule has 220 valence electrons. The van der Waals surface area contributed by atoms with Crippen LogP contribution in [0.5, 0.6) is 0 Å². The first-order valence-corrected chi connectivity index (χ1v) is 16.0. The third-order valence-electron chi connectivity index (χ3n) is 13.5. The summed E-state index contributed by atoms with van der Waals surface area (Å²) in [6.07, 6.45) is 11.5. The average Bonchev–Trinajstić information content (AvgIpc) is 3.23. The maximum atomic E-state index is 12.0. The van der Waals surface area contributed by atoms with Crippen LogP contribution in [0.2, 0.25) is 0 Å². The van der Waals surface area contributed by atoms with Gasteiger partial charge in [0.15, 0.2) is 0 Å². The first-order valence-electron chi connectivity index (χ1n) is 16.0. The van der Waals surface area contributed by atoms with Crippen molar-refractivity contribution in [2.24, 2.45) is 57.0 Å². The normalized spacial score (nSPS) is 46.1. The summed E-state index contributed by atoms with van der Waals surface area (Å²) in [4.78, 5) is 23.9. The van der Waals surface area contributed by atoms with Gasteiger partial charge in [-0.05, 0) is 111 Å². The standard InChI is InChI=1S/C34H55NO4/c1-20(2)24-11-16-34(19-38-22(4)36)18-17-32(7)26(30(24)34)9-10-28-31(6)14-13-27(39-23(5)37)29(21(3)35)25(31)12-15-33(28,32)8/h20-21,25-29H,9-19,35H2,1-8H3/t21?,25-,26+,27-,28+,29?,31-,32+,33+,34+/m0/s1. The number of fused-ring (bicyclic) bond motifs is 7. The summed E-state index contributed by atoms with van der Waals surface area (Å²) in [5, 5.41) is 0. The number of hydrogen-bond acceptors (Lipinski definition) is 5. The van der Waals surface area contributed by atoms with E-state index in [1.54, 1.807) is 25.0 Å². The number of carbonyl (C=O) groups excluding carboxylic acids is 2. The molecule has 0 amide bonds. The van der Waals surface area contributed by atoms with Crippen molar-refractivity contribution in [2.45, 2.75) is 132 Å². The Bertz CT molecular complexity index is 1030. The van der Waals surface area contributed by atoms with Crippen molar-refractivity contribution >= 4 is 11.9 Å². The summed E-state index contributed by atoms with van der Waals surface area (Å²) in [5.74, 6) is 2.18. The molecule has 0 aliphatic heterocycles. The van der Waals surface area contributed by atoms with Crippen LogP contribution in [0.25, 0.3) is 0 Å². The molecule has 0 radical (unpaired) electrons. The van der Waals surface area contributed by atoms with E-state index in [0.29, 0.717) is 30.3 Å². The van der Waals surface area contributed by atoms with Gasteiger partial charge in [0.25, 0.3) is 0 Å². The molecule has 2 N–H and O–H groups in total. The largest absolute Gasteiger partial charge is 0.465 e. The predicted octanol–water partition coefficient (Wildman–Crippen LogP) is 7.22. The van der Waals surface area contributed by atoms with E-state index in [4.69, 9.17) is 15.2 Å². The lowest BCUT2D eigenvalue weighted by Crippen LogP contribution is -2.65. The number of hydrogen-bond donors (Lipinski definition) is 1. The summed E-state index contributed by atoms with van der Waals surface area (Å²) in [6.45, 7) is 18.4. The van der Waals surface area contributed by atoms with Crippen LogP contribution >= 0.6 is 0 Å². The minimum atomic E-state index is -0.173. The monoisotopic (exact) mass is 541 g/mol. The summed E-state index contributed by atoms with van der Waals surface area (Å²) >= 11 is 0. The maximum absolute atomic E-state index is 12.0. The molecule has 10 atom stereocenters. The van der Waals surface area contributed by atoms with E-state index in [1.807, 2.05) is 0 Å². The summed E-state index contributed by atoms with van der Waals surface area (Å²) in [5.41, 5.74) is 10.8. The molecule has 0 saturated heterocycles. The lowest BCUT2D eigenvalue weighted by Gasteiger charge is -2.71. The third-order valence-corrected chi connectivity index (χ3v) is 13.5. The molecule has 5 nitrogen and oxygen atoms in total. The van der Waals surface area contributed by atoms with Crippen molar-refractivity contribution in [1.82, 2.24) is 0 Å². The SMILES string of the molecule is CC(=O)OC[C@]12CCC(C(C)C)=C1[C@H]1CC[C@@H]3[C@@]4(C)CC[C@H](OC(C)=O)C(C(C)N)[C@@H]4CC[C@@]3(C)[C@]1(C)CC2. The van der Waals surface area contributed by atoms with E-state index in [1.165, 1.54) is 32.1 Å². The van der Waals surface area contributed by atoms with Gasteiger partial charge in [0.05, 0.1) is 0 Å². The van der Waals surface area contributed by atoms with Crippen LogP contribution in [0, 0.1) is 51.2 Å². The van der Waals surface area contributed by atoms with Crippen molar-refractivity contribution in [3.8, 4) is 0 Å². The van der Waals surface area contributed by atoms with Gasteiger partial charge in [-0.15, -0.1) is 0 Å². The van der Waals surface area contributed by atoms with Gasteiger partial charge < -0.3 is 15.2 Å². The molecule has 5 aliphatic rings. The van der Waals surface area contributed by atoms with Crippen LogP contribution < -0.4 is 5.73 Å². The fraction of sp³-hybridized carbons (Fsp3) is 0.882. The molecule has 5 rings (SSSR count). The second-order valence-electron chi connectivity index (χ2n) is 15.4. The third kappa shape index (κ3) is 4.26. The van der Waals surface area contributed by atoms with E-state index < -0.39 is 0 Å². The number of allylic oxidation sites excluding steroid dienone is 1. The highest BCUT2D eigenvalue weighted by Crippen LogP contribution is 2.76. The number of esters is 2. The van der Waals surface area contributed by atoms with Gasteiger partial charge in [-0.1, -0.05) is 45.8 Å². The van der Waals surface area contributed by atoms with Crippen LogP contribution in [-0.2, 0) is 19.1 Å². The zero-order valence-corrected chi connectivity index (χ0v) is 26.0. The van der Waals surface area contributed by atoms with Crippen LogP contribution in [0.1, 0.15) is 120 Å². The highest BCUT2D eigenvalue weighted by atomic mass is 16.5. The van der Waals surface area contributed by atoms with Crippen molar-refractivity contribution in [3.05, 3.63) is 11.1 Å². The number of ether oxygens (including phenoxy) is 2. The molecule has 0 aromatic rings. The van der Waals surface area contributed by atoms with E-state index in [-0.39, 0.29) is 51.7 Å². The first kappa shape index (κ1) is 29.1. The molecule has 5 heteroatoms. The van der Waals surface area contributed by atoms with Gasteiger partial charge in [-0.25, -0.2) is 0 Å². The lowest BCUT2D eigenvalue weighted by atomic mass is 9.33. The van der Waals surface area contributed by atoms with E-state index in [0.717, 1.165) is 32.1 Å². The van der Waals surface area contributed by atoms with Gasteiger partial charge in [0.1, 0.15) is 12.7 Å². The zero-order valence-electron chi connectivity index (χ0n) is 26.0. The zero-order chi connectivity index (χ0) is 28.5. The predicted molar refractivity (Wildman–Crippen MR) is 155 cm³/mol. The molecule has 39 heavy (non-hydrogen) atoms. The van der Waals surface area contributed by atoms with Gasteiger partial charge in [-0.3, -0.25) is 9.59 Å².